The number of methoxy groups -OCH3 is 2. The number of amides is 3. The van der Waals surface area contributed by atoms with Crippen LogP contribution in [0, 0.1) is 0 Å². The molecule has 0 bridgehead atoms. The minimum absolute atomic E-state index is 0.304. The van der Waals surface area contributed by atoms with Crippen molar-refractivity contribution in [3.63, 3.8) is 0 Å². The zero-order chi connectivity index (χ0) is 17.9. The first-order valence-corrected chi connectivity index (χ1v) is 7.81. The van der Waals surface area contributed by atoms with Crippen molar-refractivity contribution in [2.45, 2.75) is 32.2 Å². The van der Waals surface area contributed by atoms with Gasteiger partial charge in [0, 0.05) is 5.56 Å². The third kappa shape index (κ3) is 2.93. The normalized spacial score (nSPS) is 16.1. The Morgan fingerprint density at radius 2 is 1.75 bits per heavy atom. The number of nitrogens with zero attached hydrogens (tertiary/aromatic N) is 1. The summed E-state index contributed by atoms with van der Waals surface area (Å²) in [5, 5.41) is 2.70. The van der Waals surface area contributed by atoms with Crippen molar-refractivity contribution >= 4 is 17.7 Å². The van der Waals surface area contributed by atoms with Gasteiger partial charge in [0.2, 0.25) is 0 Å². The van der Waals surface area contributed by atoms with E-state index in [1.54, 1.807) is 12.1 Å². The lowest BCUT2D eigenvalue weighted by atomic mass is 9.93. The summed E-state index contributed by atoms with van der Waals surface area (Å²) in [7, 11) is 2.97. The van der Waals surface area contributed by atoms with Gasteiger partial charge < -0.3 is 14.8 Å². The average molecular weight is 334 g/mol. The molecule has 0 aliphatic carbocycles. The number of carbonyl (C=O) groups excluding carboxylic acids is 3. The third-order valence-corrected chi connectivity index (χ3v) is 4.46. The van der Waals surface area contributed by atoms with Gasteiger partial charge in [0.1, 0.15) is 5.54 Å². The summed E-state index contributed by atoms with van der Waals surface area (Å²) in [6.45, 7) is 3.37. The van der Waals surface area contributed by atoms with E-state index in [4.69, 9.17) is 9.47 Å². The summed E-state index contributed by atoms with van der Waals surface area (Å²) in [5.41, 5.74) is -0.562. The SMILES string of the molecule is CCC1(CC)NC(=O)N(CC(=O)c2ccc(OC)c(OC)c2)C1=O. The number of imide groups is 1. The van der Waals surface area contributed by atoms with Crippen LogP contribution in [-0.2, 0) is 4.79 Å². The van der Waals surface area contributed by atoms with Crippen molar-refractivity contribution < 1.29 is 23.9 Å². The van der Waals surface area contributed by atoms with Gasteiger partial charge in [-0.3, -0.25) is 14.5 Å². The first-order chi connectivity index (χ1) is 11.4. The third-order valence-electron chi connectivity index (χ3n) is 4.46. The predicted octanol–water partition coefficient (Wildman–Crippen LogP) is 2.00. The number of nitrogens with one attached hydrogen (secondary N) is 1. The molecule has 0 spiro atoms. The second kappa shape index (κ2) is 6.90. The Hall–Kier alpha value is -2.57. The molecule has 1 saturated heterocycles. The number of benzene rings is 1. The number of ketones is 1. The van der Waals surface area contributed by atoms with Gasteiger partial charge in [0.25, 0.3) is 5.91 Å². The number of rotatable bonds is 7. The van der Waals surface area contributed by atoms with Crippen LogP contribution in [0.5, 0.6) is 11.5 Å². The van der Waals surface area contributed by atoms with Crippen LogP contribution >= 0.6 is 0 Å². The Balaban J connectivity index is 2.21. The van der Waals surface area contributed by atoms with Gasteiger partial charge in [0.05, 0.1) is 20.8 Å². The van der Waals surface area contributed by atoms with Crippen LogP contribution in [0.1, 0.15) is 37.0 Å². The number of hydrogen-bond acceptors (Lipinski definition) is 5. The lowest BCUT2D eigenvalue weighted by molar-refractivity contribution is -0.131. The molecule has 7 nitrogen and oxygen atoms in total. The molecule has 0 saturated carbocycles. The summed E-state index contributed by atoms with van der Waals surface area (Å²) in [4.78, 5) is 38.1. The molecular weight excluding hydrogens is 312 g/mol. The molecule has 0 aromatic heterocycles. The van der Waals surface area contributed by atoms with Crippen molar-refractivity contribution in [1.29, 1.82) is 0 Å². The minimum Gasteiger partial charge on any atom is -0.493 e. The predicted molar refractivity (Wildman–Crippen MR) is 87.4 cm³/mol. The van der Waals surface area contributed by atoms with Gasteiger partial charge >= 0.3 is 6.03 Å². The number of ether oxygens (including phenoxy) is 2. The summed E-state index contributed by atoms with van der Waals surface area (Å²) >= 11 is 0. The minimum atomic E-state index is -0.908. The maximum absolute atomic E-state index is 12.5. The zero-order valence-corrected chi connectivity index (χ0v) is 14.3. The van der Waals surface area contributed by atoms with Gasteiger partial charge in [-0.05, 0) is 31.0 Å². The number of Topliss-reactive ketones (excluding diaryl/α,β-unsaturated/α-hetero) is 1. The van der Waals surface area contributed by atoms with Gasteiger partial charge in [-0.1, -0.05) is 13.8 Å². The summed E-state index contributed by atoms with van der Waals surface area (Å²) in [5.74, 6) is 0.214. The highest BCUT2D eigenvalue weighted by molar-refractivity contribution is 6.11. The van der Waals surface area contributed by atoms with E-state index in [2.05, 4.69) is 5.32 Å². The fraction of sp³-hybridized carbons (Fsp3) is 0.471. The standard InChI is InChI=1S/C17H22N2O5/c1-5-17(6-2)15(21)19(16(22)18-17)10-12(20)11-7-8-13(23-3)14(9-11)24-4/h7-9H,5-6,10H2,1-4H3,(H,18,22). The number of carbonyl (C=O) groups is 3. The highest BCUT2D eigenvalue weighted by atomic mass is 16.5. The fourth-order valence-electron chi connectivity index (χ4n) is 2.79. The van der Waals surface area contributed by atoms with E-state index in [1.165, 1.54) is 20.3 Å². The Morgan fingerprint density at radius 1 is 1.12 bits per heavy atom. The average Bonchev–Trinajstić information content (AvgIpc) is 2.85. The molecule has 1 aliphatic heterocycles. The van der Waals surface area contributed by atoms with E-state index >= 15 is 0 Å². The first kappa shape index (κ1) is 17.8. The van der Waals surface area contributed by atoms with Crippen LogP contribution in [0.2, 0.25) is 0 Å². The van der Waals surface area contributed by atoms with Crippen molar-refractivity contribution in [1.82, 2.24) is 10.2 Å². The van der Waals surface area contributed by atoms with E-state index < -0.39 is 11.6 Å². The van der Waals surface area contributed by atoms with Crippen molar-refractivity contribution in [3.8, 4) is 11.5 Å². The Labute approximate surface area is 140 Å². The van der Waals surface area contributed by atoms with Gasteiger partial charge in [0.15, 0.2) is 17.3 Å². The molecule has 7 heteroatoms. The maximum atomic E-state index is 12.5. The fourth-order valence-corrected chi connectivity index (χ4v) is 2.79. The summed E-state index contributed by atoms with van der Waals surface area (Å²) in [6.07, 6.45) is 0.963. The lowest BCUT2D eigenvalue weighted by Crippen LogP contribution is -2.46. The zero-order valence-electron chi connectivity index (χ0n) is 14.3. The lowest BCUT2D eigenvalue weighted by Gasteiger charge is -2.23. The Morgan fingerprint density at radius 3 is 2.25 bits per heavy atom. The van der Waals surface area contributed by atoms with E-state index in [0.717, 1.165) is 4.90 Å². The molecule has 130 valence electrons. The molecule has 2 rings (SSSR count). The maximum Gasteiger partial charge on any atom is 0.325 e. The summed E-state index contributed by atoms with van der Waals surface area (Å²) < 4.78 is 10.3. The van der Waals surface area contributed by atoms with E-state index in [0.29, 0.717) is 29.9 Å². The Kier molecular flexibility index (Phi) is 5.11. The molecule has 1 aromatic carbocycles. The van der Waals surface area contributed by atoms with Crippen LogP contribution in [0.4, 0.5) is 4.79 Å². The number of urea groups is 1. The smallest absolute Gasteiger partial charge is 0.325 e. The quantitative estimate of drug-likeness (QED) is 0.609. The van der Waals surface area contributed by atoms with Crippen LogP contribution in [-0.4, -0.2) is 48.9 Å². The van der Waals surface area contributed by atoms with E-state index in [9.17, 15) is 14.4 Å². The highest BCUT2D eigenvalue weighted by Gasteiger charge is 2.49. The largest absolute Gasteiger partial charge is 0.493 e. The highest BCUT2D eigenvalue weighted by Crippen LogP contribution is 2.29. The second-order valence-electron chi connectivity index (χ2n) is 5.60. The molecule has 0 radical (unpaired) electrons. The van der Waals surface area contributed by atoms with E-state index in [1.807, 2.05) is 13.8 Å². The molecule has 1 fully saturated rings. The van der Waals surface area contributed by atoms with Crippen LogP contribution in [0.3, 0.4) is 0 Å². The Bertz CT molecular complexity index is 667. The summed E-state index contributed by atoms with van der Waals surface area (Å²) in [6, 6.07) is 4.19. The topological polar surface area (TPSA) is 84.9 Å². The molecule has 1 heterocycles. The first-order valence-electron chi connectivity index (χ1n) is 7.81. The molecule has 0 atom stereocenters. The molecule has 1 aromatic rings. The monoisotopic (exact) mass is 334 g/mol. The molecule has 1 aliphatic rings. The molecule has 0 unspecified atom stereocenters. The van der Waals surface area contributed by atoms with Crippen LogP contribution in [0.15, 0.2) is 18.2 Å². The van der Waals surface area contributed by atoms with Crippen LogP contribution < -0.4 is 14.8 Å². The molecular formula is C17H22N2O5. The molecule has 3 amide bonds. The van der Waals surface area contributed by atoms with Gasteiger partial charge in [-0.2, -0.15) is 0 Å². The van der Waals surface area contributed by atoms with Crippen molar-refractivity contribution in [2.24, 2.45) is 0 Å². The number of hydrogen-bond donors (Lipinski definition) is 1. The van der Waals surface area contributed by atoms with Gasteiger partial charge in [-0.25, -0.2) is 4.79 Å². The van der Waals surface area contributed by atoms with E-state index in [-0.39, 0.29) is 18.2 Å². The van der Waals surface area contributed by atoms with Gasteiger partial charge in [-0.15, -0.1) is 0 Å². The second-order valence-corrected chi connectivity index (χ2v) is 5.60. The van der Waals surface area contributed by atoms with Crippen molar-refractivity contribution in [3.05, 3.63) is 23.8 Å². The van der Waals surface area contributed by atoms with Crippen molar-refractivity contribution in [2.75, 3.05) is 20.8 Å². The van der Waals surface area contributed by atoms with Crippen LogP contribution in [0.25, 0.3) is 0 Å². The molecule has 1 N–H and O–H groups in total. The molecule has 24 heavy (non-hydrogen) atoms.